The molecule has 0 unspecified atom stereocenters. The van der Waals surface area contributed by atoms with Gasteiger partial charge in [0.2, 0.25) is 0 Å². The number of hydrogen-bond donors (Lipinski definition) is 0. The number of rotatable bonds is 4. The standard InChI is InChI=1S/C18H16ClN3O4/c1-10(2)12-9-14(11(3)8-13(12)19)26-17-16(22(24)25)18(23)21-7-5-4-6-15(21)20-17/h4-10H,1-3H3. The normalized spacial score (nSPS) is 11.1. The first-order valence-corrected chi connectivity index (χ1v) is 8.31. The van der Waals surface area contributed by atoms with E-state index in [0.29, 0.717) is 16.3 Å². The van der Waals surface area contributed by atoms with Crippen LogP contribution >= 0.6 is 11.6 Å². The molecule has 7 nitrogen and oxygen atoms in total. The number of aryl methyl sites for hydroxylation is 1. The number of aromatic nitrogens is 2. The molecule has 0 aliphatic rings. The van der Waals surface area contributed by atoms with E-state index >= 15 is 0 Å². The van der Waals surface area contributed by atoms with E-state index in [4.69, 9.17) is 16.3 Å². The summed E-state index contributed by atoms with van der Waals surface area (Å²) in [5, 5.41) is 12.0. The van der Waals surface area contributed by atoms with Gasteiger partial charge in [-0.3, -0.25) is 19.3 Å². The van der Waals surface area contributed by atoms with Crippen molar-refractivity contribution in [2.24, 2.45) is 0 Å². The van der Waals surface area contributed by atoms with Crippen molar-refractivity contribution in [1.82, 2.24) is 9.38 Å². The van der Waals surface area contributed by atoms with Crippen molar-refractivity contribution in [3.05, 3.63) is 73.1 Å². The predicted octanol–water partition coefficient (Wildman–Crippen LogP) is 4.48. The second kappa shape index (κ2) is 6.76. The van der Waals surface area contributed by atoms with Crippen molar-refractivity contribution < 1.29 is 9.66 Å². The molecule has 3 aromatic rings. The van der Waals surface area contributed by atoms with E-state index in [1.54, 1.807) is 37.3 Å². The maximum atomic E-state index is 12.5. The van der Waals surface area contributed by atoms with Gasteiger partial charge in [-0.05, 0) is 48.2 Å². The van der Waals surface area contributed by atoms with Gasteiger partial charge in [0.25, 0.3) is 0 Å². The lowest BCUT2D eigenvalue weighted by molar-refractivity contribution is -0.387. The quantitative estimate of drug-likeness (QED) is 0.497. The molecule has 8 heteroatoms. The number of nitro groups is 1. The lowest BCUT2D eigenvalue weighted by Crippen LogP contribution is -2.19. The van der Waals surface area contributed by atoms with E-state index < -0.39 is 16.2 Å². The van der Waals surface area contributed by atoms with Crippen LogP contribution in [0.25, 0.3) is 5.65 Å². The minimum absolute atomic E-state index is 0.135. The van der Waals surface area contributed by atoms with Crippen LogP contribution in [-0.4, -0.2) is 14.3 Å². The van der Waals surface area contributed by atoms with Crippen molar-refractivity contribution in [2.45, 2.75) is 26.7 Å². The lowest BCUT2D eigenvalue weighted by atomic mass is 10.0. The van der Waals surface area contributed by atoms with Gasteiger partial charge in [-0.2, -0.15) is 4.98 Å². The number of pyridine rings is 1. The molecule has 0 amide bonds. The fraction of sp³-hybridized carbons (Fsp3) is 0.222. The minimum atomic E-state index is -0.800. The van der Waals surface area contributed by atoms with Gasteiger partial charge in [-0.25, -0.2) is 0 Å². The summed E-state index contributed by atoms with van der Waals surface area (Å²) in [6.45, 7) is 5.72. The molecule has 2 aromatic heterocycles. The van der Waals surface area contributed by atoms with Crippen molar-refractivity contribution >= 4 is 22.9 Å². The largest absolute Gasteiger partial charge is 0.433 e. The minimum Gasteiger partial charge on any atom is -0.433 e. The van der Waals surface area contributed by atoms with Gasteiger partial charge in [0.15, 0.2) is 0 Å². The average Bonchev–Trinajstić information content (AvgIpc) is 2.56. The highest BCUT2D eigenvalue weighted by atomic mass is 35.5. The van der Waals surface area contributed by atoms with Crippen LogP contribution in [0.5, 0.6) is 11.6 Å². The van der Waals surface area contributed by atoms with Gasteiger partial charge in [-0.15, -0.1) is 0 Å². The molecular weight excluding hydrogens is 358 g/mol. The number of ether oxygens (including phenoxy) is 1. The Bertz CT molecular complexity index is 1080. The molecule has 0 bridgehead atoms. The molecule has 0 saturated heterocycles. The third-order valence-corrected chi connectivity index (χ3v) is 4.31. The van der Waals surface area contributed by atoms with Crippen LogP contribution in [0.2, 0.25) is 5.02 Å². The zero-order chi connectivity index (χ0) is 19.0. The van der Waals surface area contributed by atoms with Crippen molar-refractivity contribution in [3.8, 4) is 11.6 Å². The summed E-state index contributed by atoms with van der Waals surface area (Å²) < 4.78 is 6.82. The fourth-order valence-electron chi connectivity index (χ4n) is 2.61. The summed E-state index contributed by atoms with van der Waals surface area (Å²) in [6.07, 6.45) is 1.42. The zero-order valence-electron chi connectivity index (χ0n) is 14.4. The smallest absolute Gasteiger partial charge is 0.396 e. The SMILES string of the molecule is Cc1cc(Cl)c(C(C)C)cc1Oc1nc2ccccn2c(=O)c1[N+](=O)[O-]. The van der Waals surface area contributed by atoms with Crippen LogP contribution in [-0.2, 0) is 0 Å². The third-order valence-electron chi connectivity index (χ3n) is 3.98. The highest BCUT2D eigenvalue weighted by Gasteiger charge is 2.26. The van der Waals surface area contributed by atoms with Crippen LogP contribution in [0.4, 0.5) is 5.69 Å². The Hall–Kier alpha value is -2.93. The van der Waals surface area contributed by atoms with Crippen LogP contribution in [0.3, 0.4) is 0 Å². The van der Waals surface area contributed by atoms with Gasteiger partial charge in [0.1, 0.15) is 11.4 Å². The van der Waals surface area contributed by atoms with E-state index in [1.165, 1.54) is 6.20 Å². The summed E-state index contributed by atoms with van der Waals surface area (Å²) in [6, 6.07) is 8.30. The number of hydrogen-bond acceptors (Lipinski definition) is 5. The Balaban J connectivity index is 2.21. The Morgan fingerprint density at radius 1 is 1.31 bits per heavy atom. The molecule has 1 aromatic carbocycles. The summed E-state index contributed by atoms with van der Waals surface area (Å²) in [5.41, 5.74) is 0.269. The van der Waals surface area contributed by atoms with Crippen LogP contribution < -0.4 is 10.3 Å². The predicted molar refractivity (Wildman–Crippen MR) is 98.5 cm³/mol. The fourth-order valence-corrected chi connectivity index (χ4v) is 3.05. The molecule has 0 fully saturated rings. The van der Waals surface area contributed by atoms with Gasteiger partial charge >= 0.3 is 17.1 Å². The summed E-state index contributed by atoms with van der Waals surface area (Å²) in [5.74, 6) is 0.162. The van der Waals surface area contributed by atoms with E-state index in [1.807, 2.05) is 13.8 Å². The average molecular weight is 374 g/mol. The second-order valence-corrected chi connectivity index (χ2v) is 6.56. The number of benzene rings is 1. The molecule has 0 N–H and O–H groups in total. The van der Waals surface area contributed by atoms with Crippen molar-refractivity contribution in [1.29, 1.82) is 0 Å². The van der Waals surface area contributed by atoms with E-state index in [9.17, 15) is 14.9 Å². The van der Waals surface area contributed by atoms with Crippen molar-refractivity contribution in [3.63, 3.8) is 0 Å². The highest BCUT2D eigenvalue weighted by Crippen LogP contribution is 2.35. The molecule has 0 aliphatic carbocycles. The van der Waals surface area contributed by atoms with Crippen LogP contribution in [0.15, 0.2) is 41.3 Å². The van der Waals surface area contributed by atoms with E-state index in [0.717, 1.165) is 9.96 Å². The van der Waals surface area contributed by atoms with Crippen LogP contribution in [0, 0.1) is 17.0 Å². The maximum absolute atomic E-state index is 12.5. The molecular formula is C18H16ClN3O4. The Morgan fingerprint density at radius 3 is 2.69 bits per heavy atom. The topological polar surface area (TPSA) is 86.7 Å². The molecule has 0 spiro atoms. The first-order valence-electron chi connectivity index (χ1n) is 7.93. The highest BCUT2D eigenvalue weighted by molar-refractivity contribution is 6.31. The summed E-state index contributed by atoms with van der Waals surface area (Å²) >= 11 is 6.25. The monoisotopic (exact) mass is 373 g/mol. The molecule has 134 valence electrons. The van der Waals surface area contributed by atoms with Gasteiger partial charge in [-0.1, -0.05) is 31.5 Å². The van der Waals surface area contributed by atoms with E-state index in [2.05, 4.69) is 4.98 Å². The molecule has 0 aliphatic heterocycles. The molecule has 0 radical (unpaired) electrons. The van der Waals surface area contributed by atoms with Gasteiger partial charge in [0, 0.05) is 11.2 Å². The Morgan fingerprint density at radius 2 is 2.04 bits per heavy atom. The Kier molecular flexibility index (Phi) is 4.65. The first-order chi connectivity index (χ1) is 12.3. The van der Waals surface area contributed by atoms with Crippen LogP contribution in [0.1, 0.15) is 30.9 Å². The number of halogens is 1. The molecule has 3 rings (SSSR count). The molecule has 0 atom stereocenters. The number of fused-ring (bicyclic) bond motifs is 1. The second-order valence-electron chi connectivity index (χ2n) is 6.15. The van der Waals surface area contributed by atoms with E-state index in [-0.39, 0.29) is 17.4 Å². The van der Waals surface area contributed by atoms with Gasteiger partial charge < -0.3 is 4.74 Å². The summed E-state index contributed by atoms with van der Waals surface area (Å²) in [4.78, 5) is 27.3. The van der Waals surface area contributed by atoms with Gasteiger partial charge in [0.05, 0.1) is 4.92 Å². The molecule has 0 saturated carbocycles. The molecule has 26 heavy (non-hydrogen) atoms. The third kappa shape index (κ3) is 3.13. The zero-order valence-corrected chi connectivity index (χ0v) is 15.1. The Labute approximate surface area is 154 Å². The maximum Gasteiger partial charge on any atom is 0.396 e. The molecule has 2 heterocycles. The first kappa shape index (κ1) is 17.9. The van der Waals surface area contributed by atoms with Crippen molar-refractivity contribution in [2.75, 3.05) is 0 Å². The lowest BCUT2D eigenvalue weighted by Gasteiger charge is -2.14. The number of nitrogens with zero attached hydrogens (tertiary/aromatic N) is 3. The summed E-state index contributed by atoms with van der Waals surface area (Å²) in [7, 11) is 0.